The van der Waals surface area contributed by atoms with E-state index in [1.54, 1.807) is 23.1 Å². The number of aryl methyl sites for hydroxylation is 1. The van der Waals surface area contributed by atoms with Crippen LogP contribution in [0.25, 0.3) is 0 Å². The van der Waals surface area contributed by atoms with Gasteiger partial charge in [-0.05, 0) is 6.07 Å². The van der Waals surface area contributed by atoms with E-state index in [9.17, 15) is 14.7 Å². The molecule has 18 heavy (non-hydrogen) atoms. The second-order valence-corrected chi connectivity index (χ2v) is 4.31. The number of β-amino-alcohol motifs (C(OH)–C–C–N with tert-alkyl or cyclic N) is 1. The lowest BCUT2D eigenvalue weighted by Gasteiger charge is -2.21. The average Bonchev–Trinajstić information content (AvgIpc) is 2.94. The highest BCUT2D eigenvalue weighted by atomic mass is 16.4. The van der Waals surface area contributed by atoms with Gasteiger partial charge in [0.05, 0.1) is 6.10 Å². The standard InChI is InChI=1S/C11H15N3O4/c15-8-6-9(11(17)18)14(7-8)10(16)2-5-13-4-1-3-12-13/h1,3-4,8-9,15H,2,5-7H2,(H,17,18)/t8?,9-/m0/s1. The van der Waals surface area contributed by atoms with Crippen molar-refractivity contribution in [3.05, 3.63) is 18.5 Å². The summed E-state index contributed by atoms with van der Waals surface area (Å²) in [6, 6.07) is 0.842. The van der Waals surface area contributed by atoms with Crippen molar-refractivity contribution in [3.8, 4) is 0 Å². The van der Waals surface area contributed by atoms with Crippen LogP contribution in [0.3, 0.4) is 0 Å². The zero-order valence-electron chi connectivity index (χ0n) is 9.77. The van der Waals surface area contributed by atoms with E-state index in [-0.39, 0.29) is 25.3 Å². The van der Waals surface area contributed by atoms with Crippen molar-refractivity contribution in [2.45, 2.75) is 31.5 Å². The van der Waals surface area contributed by atoms with Gasteiger partial charge in [-0.3, -0.25) is 9.48 Å². The molecule has 1 aliphatic rings. The maximum Gasteiger partial charge on any atom is 0.326 e. The number of aliphatic hydroxyl groups excluding tert-OH is 1. The second-order valence-electron chi connectivity index (χ2n) is 4.31. The first kappa shape index (κ1) is 12.6. The van der Waals surface area contributed by atoms with Crippen LogP contribution in [-0.4, -0.2) is 55.5 Å². The number of carbonyl (C=O) groups excluding carboxylic acids is 1. The number of hydrogen-bond donors (Lipinski definition) is 2. The number of aromatic nitrogens is 2. The molecule has 1 fully saturated rings. The van der Waals surface area contributed by atoms with Gasteiger partial charge in [-0.25, -0.2) is 4.79 Å². The molecule has 2 heterocycles. The van der Waals surface area contributed by atoms with Gasteiger partial charge in [0.25, 0.3) is 0 Å². The summed E-state index contributed by atoms with van der Waals surface area (Å²) in [4.78, 5) is 24.1. The van der Waals surface area contributed by atoms with Crippen molar-refractivity contribution in [2.75, 3.05) is 6.54 Å². The minimum atomic E-state index is -1.07. The average molecular weight is 253 g/mol. The van der Waals surface area contributed by atoms with E-state index in [0.29, 0.717) is 6.54 Å². The van der Waals surface area contributed by atoms with Gasteiger partial charge in [0, 0.05) is 38.3 Å². The normalized spacial score (nSPS) is 23.3. The van der Waals surface area contributed by atoms with Crippen molar-refractivity contribution < 1.29 is 19.8 Å². The van der Waals surface area contributed by atoms with Crippen LogP contribution < -0.4 is 0 Å². The third-order valence-corrected chi connectivity index (χ3v) is 3.00. The van der Waals surface area contributed by atoms with Crippen LogP contribution in [0.5, 0.6) is 0 Å². The number of hydrogen-bond acceptors (Lipinski definition) is 4. The van der Waals surface area contributed by atoms with Gasteiger partial charge in [-0.2, -0.15) is 5.10 Å². The molecule has 2 rings (SSSR count). The quantitative estimate of drug-likeness (QED) is 0.741. The van der Waals surface area contributed by atoms with Crippen LogP contribution in [0.2, 0.25) is 0 Å². The summed E-state index contributed by atoms with van der Waals surface area (Å²) in [7, 11) is 0. The molecule has 1 aliphatic heterocycles. The SMILES string of the molecule is O=C(O)[C@@H]1CC(O)CN1C(=O)CCn1cccn1. The number of carboxylic acid groups (broad SMARTS) is 1. The van der Waals surface area contributed by atoms with Crippen molar-refractivity contribution in [2.24, 2.45) is 0 Å². The number of aliphatic hydroxyl groups is 1. The van der Waals surface area contributed by atoms with E-state index >= 15 is 0 Å². The van der Waals surface area contributed by atoms with Gasteiger partial charge in [0.1, 0.15) is 6.04 Å². The molecule has 98 valence electrons. The molecule has 2 atom stereocenters. The molecule has 1 saturated heterocycles. The van der Waals surface area contributed by atoms with E-state index in [1.807, 2.05) is 0 Å². The van der Waals surface area contributed by atoms with Gasteiger partial charge < -0.3 is 15.1 Å². The highest BCUT2D eigenvalue weighted by Crippen LogP contribution is 2.19. The summed E-state index contributed by atoms with van der Waals surface area (Å²) in [6.45, 7) is 0.500. The Balaban J connectivity index is 1.93. The Morgan fingerprint density at radius 3 is 2.83 bits per heavy atom. The molecule has 0 radical (unpaired) electrons. The minimum absolute atomic E-state index is 0.0922. The zero-order valence-corrected chi connectivity index (χ0v) is 9.77. The smallest absolute Gasteiger partial charge is 0.326 e. The van der Waals surface area contributed by atoms with E-state index < -0.39 is 18.1 Å². The van der Waals surface area contributed by atoms with Crippen LogP contribution in [0, 0.1) is 0 Å². The molecule has 1 aromatic rings. The van der Waals surface area contributed by atoms with Crippen LogP contribution in [-0.2, 0) is 16.1 Å². The molecule has 0 bridgehead atoms. The molecule has 0 aliphatic carbocycles. The predicted octanol–water partition coefficient (Wildman–Crippen LogP) is -0.680. The lowest BCUT2D eigenvalue weighted by atomic mass is 10.2. The molecule has 1 aromatic heterocycles. The first-order valence-electron chi connectivity index (χ1n) is 5.75. The molecule has 2 N–H and O–H groups in total. The molecule has 7 heteroatoms. The van der Waals surface area contributed by atoms with E-state index in [0.717, 1.165) is 0 Å². The predicted molar refractivity (Wildman–Crippen MR) is 60.6 cm³/mol. The molecule has 0 aromatic carbocycles. The fraction of sp³-hybridized carbons (Fsp3) is 0.545. The Bertz CT molecular complexity index is 432. The summed E-state index contributed by atoms with van der Waals surface area (Å²) in [5, 5.41) is 22.4. The summed E-state index contributed by atoms with van der Waals surface area (Å²) in [5.41, 5.74) is 0. The number of carbonyl (C=O) groups is 2. The highest BCUT2D eigenvalue weighted by Gasteiger charge is 2.38. The van der Waals surface area contributed by atoms with Gasteiger partial charge in [-0.15, -0.1) is 0 Å². The first-order valence-corrected chi connectivity index (χ1v) is 5.75. The minimum Gasteiger partial charge on any atom is -0.480 e. The van der Waals surface area contributed by atoms with Crippen LogP contribution in [0.15, 0.2) is 18.5 Å². The molecule has 1 amide bonds. The summed E-state index contributed by atoms with van der Waals surface area (Å²) in [5.74, 6) is -1.34. The fourth-order valence-electron chi connectivity index (χ4n) is 2.11. The largest absolute Gasteiger partial charge is 0.480 e. The van der Waals surface area contributed by atoms with Crippen molar-refractivity contribution in [1.82, 2.24) is 14.7 Å². The Morgan fingerprint density at radius 2 is 2.22 bits per heavy atom. The maximum atomic E-state index is 11.9. The van der Waals surface area contributed by atoms with Crippen LogP contribution in [0.1, 0.15) is 12.8 Å². The number of nitrogens with zero attached hydrogens (tertiary/aromatic N) is 3. The van der Waals surface area contributed by atoms with E-state index in [4.69, 9.17) is 5.11 Å². The topological polar surface area (TPSA) is 95.7 Å². The Labute approximate surface area is 104 Å². The van der Waals surface area contributed by atoms with Gasteiger partial charge >= 0.3 is 5.97 Å². The number of aliphatic carboxylic acids is 1. The van der Waals surface area contributed by atoms with E-state index in [2.05, 4.69) is 5.10 Å². The maximum absolute atomic E-state index is 11.9. The van der Waals surface area contributed by atoms with Crippen molar-refractivity contribution >= 4 is 11.9 Å². The monoisotopic (exact) mass is 253 g/mol. The third kappa shape index (κ3) is 2.67. The highest BCUT2D eigenvalue weighted by molar-refractivity contribution is 5.84. The van der Waals surface area contributed by atoms with Gasteiger partial charge in [0.15, 0.2) is 0 Å². The number of likely N-dealkylation sites (tertiary alicyclic amines) is 1. The molecule has 0 saturated carbocycles. The molecular formula is C11H15N3O4. The zero-order chi connectivity index (χ0) is 13.1. The summed E-state index contributed by atoms with van der Waals surface area (Å²) >= 11 is 0. The number of carboxylic acids is 1. The van der Waals surface area contributed by atoms with E-state index in [1.165, 1.54) is 4.90 Å². The van der Waals surface area contributed by atoms with Crippen molar-refractivity contribution in [1.29, 1.82) is 0 Å². The lowest BCUT2D eigenvalue weighted by Crippen LogP contribution is -2.40. The third-order valence-electron chi connectivity index (χ3n) is 3.00. The van der Waals surface area contributed by atoms with Crippen LogP contribution in [0.4, 0.5) is 0 Å². The molecular weight excluding hydrogens is 238 g/mol. The van der Waals surface area contributed by atoms with Gasteiger partial charge in [0.2, 0.25) is 5.91 Å². The Morgan fingerprint density at radius 1 is 1.44 bits per heavy atom. The molecule has 1 unspecified atom stereocenters. The number of amides is 1. The lowest BCUT2D eigenvalue weighted by molar-refractivity contribution is -0.148. The summed E-state index contributed by atoms with van der Waals surface area (Å²) < 4.78 is 1.61. The summed E-state index contributed by atoms with van der Waals surface area (Å²) in [6.07, 6.45) is 2.88. The van der Waals surface area contributed by atoms with Gasteiger partial charge in [-0.1, -0.05) is 0 Å². The Kier molecular flexibility index (Phi) is 3.61. The van der Waals surface area contributed by atoms with Crippen molar-refractivity contribution in [3.63, 3.8) is 0 Å². The first-order chi connectivity index (χ1) is 8.58. The molecule has 7 nitrogen and oxygen atoms in total. The fourth-order valence-corrected chi connectivity index (χ4v) is 2.11. The number of rotatable bonds is 4. The molecule has 0 spiro atoms. The second kappa shape index (κ2) is 5.18. The Hall–Kier alpha value is -1.89. The van der Waals surface area contributed by atoms with Crippen LogP contribution >= 0.6 is 0 Å².